The van der Waals surface area contributed by atoms with E-state index in [9.17, 15) is 0 Å². The molecule has 0 saturated heterocycles. The summed E-state index contributed by atoms with van der Waals surface area (Å²) in [6.07, 6.45) is 8.66. The summed E-state index contributed by atoms with van der Waals surface area (Å²) in [5.74, 6) is 0. The predicted molar refractivity (Wildman–Crippen MR) is 274 cm³/mol. The largest absolute Gasteiger partial charge is 0.398 e. The number of benzene rings is 9. The maximum Gasteiger partial charge on any atom is 0.0349 e. The average molecular weight is 821 g/mol. The highest BCUT2D eigenvalue weighted by Gasteiger charge is 2.16. The molecule has 0 unspecified atom stereocenters. The van der Waals surface area contributed by atoms with Gasteiger partial charge in [-0.05, 0) is 133 Å². The van der Waals surface area contributed by atoms with Crippen molar-refractivity contribution in [3.8, 4) is 22.3 Å². The fraction of sp³-hybridized carbons (Fsp3) is 0.148. The van der Waals surface area contributed by atoms with Gasteiger partial charge in [-0.2, -0.15) is 0 Å². The number of para-hydroxylation sites is 1. The van der Waals surface area contributed by atoms with Crippen LogP contribution in [0.3, 0.4) is 0 Å². The molecule has 0 aromatic heterocycles. The molecule has 4 N–H and O–H groups in total. The summed E-state index contributed by atoms with van der Waals surface area (Å²) < 4.78 is 0. The van der Waals surface area contributed by atoms with Crippen LogP contribution in [0.2, 0.25) is 0 Å². The normalized spacial score (nSPS) is 11.3. The van der Waals surface area contributed by atoms with Crippen molar-refractivity contribution >= 4 is 33.3 Å². The Bertz CT molecular complexity index is 2920. The van der Waals surface area contributed by atoms with E-state index in [0.29, 0.717) is 6.54 Å². The molecule has 1 aliphatic rings. The lowest BCUT2D eigenvalue weighted by Gasteiger charge is -2.20. The Hall–Kier alpha value is -7.00. The van der Waals surface area contributed by atoms with Crippen LogP contribution in [-0.4, -0.2) is 0 Å². The van der Waals surface area contributed by atoms with Crippen molar-refractivity contribution in [2.75, 3.05) is 5.73 Å². The molecular weight excluding hydrogens is 761 g/mol. The van der Waals surface area contributed by atoms with E-state index in [-0.39, 0.29) is 0 Å². The van der Waals surface area contributed by atoms with E-state index in [0.717, 1.165) is 31.4 Å². The van der Waals surface area contributed by atoms with Gasteiger partial charge in [0.25, 0.3) is 0 Å². The lowest BCUT2D eigenvalue weighted by atomic mass is 9.85. The maximum absolute atomic E-state index is 6.15. The second-order valence-corrected chi connectivity index (χ2v) is 15.9. The van der Waals surface area contributed by atoms with Crippen molar-refractivity contribution < 1.29 is 0 Å². The van der Waals surface area contributed by atoms with E-state index < -0.39 is 0 Å². The highest BCUT2D eigenvalue weighted by molar-refractivity contribution is 5.98. The molecule has 0 aliphatic heterocycles. The number of hydrogen-bond acceptors (Lipinski definition) is 2. The van der Waals surface area contributed by atoms with Crippen LogP contribution in [0.5, 0.6) is 0 Å². The number of rotatable bonds is 7. The molecule has 9 aromatic carbocycles. The Balaban J connectivity index is 0.000000145. The Kier molecular flexibility index (Phi) is 15.2. The molecule has 0 bridgehead atoms. The second-order valence-electron chi connectivity index (χ2n) is 15.9. The maximum atomic E-state index is 6.15. The number of nitrogens with two attached hydrogens (primary N) is 2. The van der Waals surface area contributed by atoms with Gasteiger partial charge in [-0.25, -0.2) is 0 Å². The Morgan fingerprint density at radius 2 is 0.921 bits per heavy atom. The van der Waals surface area contributed by atoms with Gasteiger partial charge in [0, 0.05) is 18.7 Å². The molecule has 0 heterocycles. The van der Waals surface area contributed by atoms with E-state index in [1.807, 2.05) is 26.0 Å². The molecule has 10 rings (SSSR count). The Labute approximate surface area is 375 Å². The molecule has 0 saturated carbocycles. The first-order valence-corrected chi connectivity index (χ1v) is 22.5. The Morgan fingerprint density at radius 1 is 0.413 bits per heavy atom. The molecule has 0 amide bonds. The molecule has 2 nitrogen and oxygen atoms in total. The third kappa shape index (κ3) is 10.6. The number of anilines is 1. The summed E-state index contributed by atoms with van der Waals surface area (Å²) in [5, 5.41) is 5.27. The summed E-state index contributed by atoms with van der Waals surface area (Å²) in [5.41, 5.74) is 30.0. The Morgan fingerprint density at radius 3 is 1.59 bits per heavy atom. The van der Waals surface area contributed by atoms with Gasteiger partial charge in [0.15, 0.2) is 0 Å². The van der Waals surface area contributed by atoms with Crippen molar-refractivity contribution in [3.05, 3.63) is 250 Å². The first-order valence-electron chi connectivity index (χ1n) is 22.5. The zero-order valence-electron chi connectivity index (χ0n) is 37.3. The van der Waals surface area contributed by atoms with Crippen molar-refractivity contribution in [2.45, 2.75) is 59.9 Å². The minimum atomic E-state index is 0.612. The van der Waals surface area contributed by atoms with Crippen molar-refractivity contribution in [1.29, 1.82) is 0 Å². The van der Waals surface area contributed by atoms with Gasteiger partial charge in [-0.3, -0.25) is 0 Å². The molecule has 0 spiro atoms. The molecule has 63 heavy (non-hydrogen) atoms. The van der Waals surface area contributed by atoms with Crippen LogP contribution in [0.4, 0.5) is 5.69 Å². The highest BCUT2D eigenvalue weighted by atomic mass is 14.6. The van der Waals surface area contributed by atoms with Gasteiger partial charge in [-0.15, -0.1) is 0 Å². The van der Waals surface area contributed by atoms with Gasteiger partial charge in [0.2, 0.25) is 0 Å². The minimum Gasteiger partial charge on any atom is -0.398 e. The van der Waals surface area contributed by atoms with Crippen molar-refractivity contribution in [3.63, 3.8) is 0 Å². The fourth-order valence-corrected chi connectivity index (χ4v) is 8.65. The number of allylic oxidation sites excluding steroid dienone is 1. The first kappa shape index (κ1) is 44.1. The van der Waals surface area contributed by atoms with Crippen LogP contribution < -0.4 is 11.5 Å². The van der Waals surface area contributed by atoms with Gasteiger partial charge in [0.1, 0.15) is 0 Å². The zero-order chi connectivity index (χ0) is 44.0. The summed E-state index contributed by atoms with van der Waals surface area (Å²) >= 11 is 0. The molecule has 314 valence electrons. The summed E-state index contributed by atoms with van der Waals surface area (Å²) in [4.78, 5) is 0. The van der Waals surface area contributed by atoms with Crippen molar-refractivity contribution in [2.24, 2.45) is 5.73 Å². The number of nitrogen functional groups attached to an aromatic ring is 1. The lowest BCUT2D eigenvalue weighted by molar-refractivity contribution is 0.977. The number of hydrogen-bond donors (Lipinski definition) is 2. The van der Waals surface area contributed by atoms with Gasteiger partial charge in [0.05, 0.1) is 0 Å². The molecule has 0 fully saturated rings. The van der Waals surface area contributed by atoms with Gasteiger partial charge in [-0.1, -0.05) is 214 Å². The zero-order valence-corrected chi connectivity index (χ0v) is 37.3. The fourth-order valence-electron chi connectivity index (χ4n) is 8.65. The SMILES string of the molecule is CC.Cc1ccc(CN)c2ccccc12.Cc1ccccc1Cc1ccc(-c2ccccc2)c2ccccc12.Nc1ccccc1Cc1ccc(-c2ccccc2)c2c1C=CCC2. The van der Waals surface area contributed by atoms with Crippen LogP contribution in [0.25, 0.3) is 49.9 Å². The molecular formula is C61H60N2. The quantitative estimate of drug-likeness (QED) is 0.157. The van der Waals surface area contributed by atoms with Crippen LogP contribution in [0, 0.1) is 13.8 Å². The molecule has 0 radical (unpaired) electrons. The second kappa shape index (κ2) is 21.7. The summed E-state index contributed by atoms with van der Waals surface area (Å²) in [6.45, 7) is 8.93. The highest BCUT2D eigenvalue weighted by Crippen LogP contribution is 2.35. The van der Waals surface area contributed by atoms with Gasteiger partial charge >= 0.3 is 0 Å². The van der Waals surface area contributed by atoms with Crippen LogP contribution in [-0.2, 0) is 25.8 Å². The van der Waals surface area contributed by atoms with Crippen LogP contribution in [0.1, 0.15) is 70.3 Å². The van der Waals surface area contributed by atoms with E-state index in [1.54, 1.807) is 0 Å². The standard InChI is InChI=1S/C24H20.C23H21N.C12H13N.C2H6/c1-18-9-5-6-12-20(18)17-21-15-16-23(19-10-3-2-4-11-19)24-14-8-7-13-22(21)24;24-23-13-7-4-10-19(23)16-18-14-15-21(17-8-2-1-3-9-17)22-12-6-5-11-20(18)22;1-9-6-7-10(8-13)12-5-3-2-4-11(9)12;1-2/h2-16H,17H2,1H3;1-5,7-11,13-15H,6,12,16,24H2;2-7H,8,13H2,1H3;1-2H3. The van der Waals surface area contributed by atoms with Crippen molar-refractivity contribution in [1.82, 2.24) is 0 Å². The molecule has 9 aromatic rings. The van der Waals surface area contributed by atoms with E-state index >= 15 is 0 Å². The van der Waals surface area contributed by atoms with Crippen LogP contribution >= 0.6 is 0 Å². The summed E-state index contributed by atoms with van der Waals surface area (Å²) in [6, 6.07) is 68.6. The monoisotopic (exact) mass is 820 g/mol. The van der Waals surface area contributed by atoms with E-state index in [1.165, 1.54) is 93.9 Å². The predicted octanol–water partition coefficient (Wildman–Crippen LogP) is 15.5. The molecule has 2 heteroatoms. The lowest BCUT2D eigenvalue weighted by Crippen LogP contribution is -2.04. The average Bonchev–Trinajstić information content (AvgIpc) is 3.35. The number of fused-ring (bicyclic) bond motifs is 3. The smallest absolute Gasteiger partial charge is 0.0349 e. The third-order valence-corrected chi connectivity index (χ3v) is 12.0. The molecule has 1 aliphatic carbocycles. The van der Waals surface area contributed by atoms with Crippen LogP contribution in [0.15, 0.2) is 200 Å². The first-order chi connectivity index (χ1) is 31.0. The van der Waals surface area contributed by atoms with E-state index in [4.69, 9.17) is 11.5 Å². The topological polar surface area (TPSA) is 52.0 Å². The minimum absolute atomic E-state index is 0.612. The molecule has 0 atom stereocenters. The summed E-state index contributed by atoms with van der Waals surface area (Å²) in [7, 11) is 0. The van der Waals surface area contributed by atoms with E-state index in [2.05, 4.69) is 208 Å². The third-order valence-electron chi connectivity index (χ3n) is 12.0. The number of aryl methyl sites for hydroxylation is 2. The van der Waals surface area contributed by atoms with Gasteiger partial charge < -0.3 is 11.5 Å².